The second-order valence-electron chi connectivity index (χ2n) is 5.05. The van der Waals surface area contributed by atoms with Crippen molar-refractivity contribution in [3.8, 4) is 0 Å². The van der Waals surface area contributed by atoms with E-state index in [0.29, 0.717) is 0 Å². The molecule has 1 fully saturated rings. The third-order valence-corrected chi connectivity index (χ3v) is 3.37. The van der Waals surface area contributed by atoms with Crippen LogP contribution in [0.3, 0.4) is 0 Å². The summed E-state index contributed by atoms with van der Waals surface area (Å²) in [5, 5.41) is 3.49. The number of hydrogen-bond acceptors (Lipinski definition) is 2. The van der Waals surface area contributed by atoms with E-state index < -0.39 is 0 Å². The third-order valence-electron chi connectivity index (χ3n) is 3.37. The second kappa shape index (κ2) is 6.30. The number of rotatable bonds is 5. The molecule has 0 radical (unpaired) electrons. The highest BCUT2D eigenvalue weighted by atomic mass is 19.1. The average molecular weight is 251 g/mol. The minimum atomic E-state index is -0.161. The molecular weight excluding hydrogens is 229 g/mol. The van der Waals surface area contributed by atoms with E-state index in [2.05, 4.69) is 18.3 Å². The van der Waals surface area contributed by atoms with E-state index in [9.17, 15) is 4.39 Å². The summed E-state index contributed by atoms with van der Waals surface area (Å²) in [5.41, 5.74) is 1.97. The lowest BCUT2D eigenvalue weighted by Crippen LogP contribution is -2.32. The summed E-state index contributed by atoms with van der Waals surface area (Å²) in [7, 11) is 0. The molecule has 18 heavy (non-hydrogen) atoms. The number of halogens is 1. The molecular formula is C15H22FNO. The lowest BCUT2D eigenvalue weighted by molar-refractivity contribution is 0.0782. The molecule has 0 aromatic heterocycles. The van der Waals surface area contributed by atoms with Gasteiger partial charge in [0.15, 0.2) is 0 Å². The van der Waals surface area contributed by atoms with E-state index >= 15 is 0 Å². The van der Waals surface area contributed by atoms with Crippen molar-refractivity contribution in [3.05, 3.63) is 35.1 Å². The Morgan fingerprint density at radius 2 is 2.28 bits per heavy atom. The molecule has 0 saturated carbocycles. The average Bonchev–Trinajstić information content (AvgIpc) is 2.82. The molecule has 0 spiro atoms. The summed E-state index contributed by atoms with van der Waals surface area (Å²) in [5.74, 6) is -0.161. The van der Waals surface area contributed by atoms with Gasteiger partial charge in [-0.3, -0.25) is 0 Å². The van der Waals surface area contributed by atoms with Crippen molar-refractivity contribution in [1.82, 2.24) is 5.32 Å². The predicted octanol–water partition coefficient (Wildman–Crippen LogP) is 3.35. The Hall–Kier alpha value is -0.930. The van der Waals surface area contributed by atoms with E-state index in [1.807, 2.05) is 6.92 Å². The Kier molecular flexibility index (Phi) is 4.72. The van der Waals surface area contributed by atoms with Gasteiger partial charge >= 0.3 is 0 Å². The Bertz CT molecular complexity index is 368. The minimum Gasteiger partial charge on any atom is -0.376 e. The van der Waals surface area contributed by atoms with Crippen molar-refractivity contribution < 1.29 is 9.13 Å². The van der Waals surface area contributed by atoms with Crippen molar-refractivity contribution >= 4 is 0 Å². The highest BCUT2D eigenvalue weighted by molar-refractivity contribution is 5.27. The molecule has 0 aliphatic carbocycles. The van der Waals surface area contributed by atoms with Crippen LogP contribution in [-0.4, -0.2) is 19.3 Å². The van der Waals surface area contributed by atoms with Crippen molar-refractivity contribution in [2.75, 3.05) is 13.2 Å². The highest BCUT2D eigenvalue weighted by Crippen LogP contribution is 2.28. The number of benzene rings is 1. The monoisotopic (exact) mass is 251 g/mol. The number of ether oxygens (including phenoxy) is 1. The molecule has 1 N–H and O–H groups in total. The Morgan fingerprint density at radius 3 is 2.89 bits per heavy atom. The van der Waals surface area contributed by atoms with Crippen LogP contribution < -0.4 is 5.32 Å². The van der Waals surface area contributed by atoms with Gasteiger partial charge in [-0.2, -0.15) is 0 Å². The summed E-state index contributed by atoms with van der Waals surface area (Å²) < 4.78 is 19.3. The first kappa shape index (κ1) is 13.5. The summed E-state index contributed by atoms with van der Waals surface area (Å²) in [6, 6.07) is 5.36. The molecule has 1 aliphatic heterocycles. The van der Waals surface area contributed by atoms with E-state index in [1.165, 1.54) is 0 Å². The lowest BCUT2D eigenvalue weighted by atomic mass is 9.97. The van der Waals surface area contributed by atoms with Gasteiger partial charge in [-0.05, 0) is 56.0 Å². The standard InChI is InChI=1S/C15H22FNO/c1-3-6-17-15(14-5-4-7-18-14)12-8-11(2)9-13(16)10-12/h8-10,14-15,17H,3-7H2,1-2H3. The van der Waals surface area contributed by atoms with Gasteiger partial charge in [0.2, 0.25) is 0 Å². The van der Waals surface area contributed by atoms with Crippen LogP contribution in [0.15, 0.2) is 18.2 Å². The molecule has 1 aliphatic rings. The Morgan fingerprint density at radius 1 is 1.44 bits per heavy atom. The van der Waals surface area contributed by atoms with Gasteiger partial charge in [0, 0.05) is 6.61 Å². The van der Waals surface area contributed by atoms with Crippen LogP contribution in [0.1, 0.15) is 43.4 Å². The van der Waals surface area contributed by atoms with E-state index in [-0.39, 0.29) is 18.0 Å². The van der Waals surface area contributed by atoms with Crippen molar-refractivity contribution in [3.63, 3.8) is 0 Å². The zero-order chi connectivity index (χ0) is 13.0. The fraction of sp³-hybridized carbons (Fsp3) is 0.600. The Labute approximate surface area is 109 Å². The zero-order valence-electron chi connectivity index (χ0n) is 11.2. The summed E-state index contributed by atoms with van der Waals surface area (Å²) in [4.78, 5) is 0. The van der Waals surface area contributed by atoms with Gasteiger partial charge in [-0.15, -0.1) is 0 Å². The van der Waals surface area contributed by atoms with Gasteiger partial charge in [0.25, 0.3) is 0 Å². The first-order valence-corrected chi connectivity index (χ1v) is 6.83. The number of nitrogens with one attached hydrogen (secondary N) is 1. The van der Waals surface area contributed by atoms with E-state index in [4.69, 9.17) is 4.74 Å². The van der Waals surface area contributed by atoms with Crippen LogP contribution in [0, 0.1) is 12.7 Å². The number of hydrogen-bond donors (Lipinski definition) is 1. The van der Waals surface area contributed by atoms with E-state index in [1.54, 1.807) is 12.1 Å². The fourth-order valence-corrected chi connectivity index (χ4v) is 2.57. The normalized spacial score (nSPS) is 21.2. The maximum atomic E-state index is 13.5. The van der Waals surface area contributed by atoms with Gasteiger partial charge in [0.1, 0.15) is 5.82 Å². The quantitative estimate of drug-likeness (QED) is 0.866. The number of aryl methyl sites for hydroxylation is 1. The largest absolute Gasteiger partial charge is 0.376 e. The molecule has 100 valence electrons. The summed E-state index contributed by atoms with van der Waals surface area (Å²) in [6.45, 7) is 5.82. The maximum Gasteiger partial charge on any atom is 0.123 e. The van der Waals surface area contributed by atoms with Crippen LogP contribution in [0.25, 0.3) is 0 Å². The molecule has 1 aromatic rings. The first-order valence-electron chi connectivity index (χ1n) is 6.83. The molecule has 1 heterocycles. The van der Waals surface area contributed by atoms with Crippen LogP contribution in [0.4, 0.5) is 4.39 Å². The van der Waals surface area contributed by atoms with Crippen molar-refractivity contribution in [2.24, 2.45) is 0 Å². The summed E-state index contributed by atoms with van der Waals surface area (Å²) in [6.07, 6.45) is 3.40. The molecule has 2 unspecified atom stereocenters. The highest BCUT2D eigenvalue weighted by Gasteiger charge is 2.27. The summed E-state index contributed by atoms with van der Waals surface area (Å²) >= 11 is 0. The molecule has 0 amide bonds. The van der Waals surface area contributed by atoms with Crippen LogP contribution >= 0.6 is 0 Å². The van der Waals surface area contributed by atoms with Crippen LogP contribution in [0.2, 0.25) is 0 Å². The second-order valence-corrected chi connectivity index (χ2v) is 5.05. The maximum absolute atomic E-state index is 13.5. The van der Waals surface area contributed by atoms with Crippen molar-refractivity contribution in [1.29, 1.82) is 0 Å². The van der Waals surface area contributed by atoms with Crippen LogP contribution in [-0.2, 0) is 4.74 Å². The molecule has 1 aromatic carbocycles. The van der Waals surface area contributed by atoms with Crippen LogP contribution in [0.5, 0.6) is 0 Å². The van der Waals surface area contributed by atoms with Gasteiger partial charge in [0.05, 0.1) is 12.1 Å². The van der Waals surface area contributed by atoms with E-state index in [0.717, 1.165) is 43.5 Å². The third kappa shape index (κ3) is 3.30. The minimum absolute atomic E-state index is 0.113. The van der Waals surface area contributed by atoms with Gasteiger partial charge in [-0.25, -0.2) is 4.39 Å². The molecule has 2 atom stereocenters. The molecule has 2 nitrogen and oxygen atoms in total. The van der Waals surface area contributed by atoms with Gasteiger partial charge in [-0.1, -0.05) is 13.0 Å². The SMILES string of the molecule is CCCNC(c1cc(C)cc(F)c1)C1CCCO1. The zero-order valence-corrected chi connectivity index (χ0v) is 11.2. The molecule has 2 rings (SSSR count). The molecule has 0 bridgehead atoms. The topological polar surface area (TPSA) is 21.3 Å². The lowest BCUT2D eigenvalue weighted by Gasteiger charge is -2.25. The molecule has 1 saturated heterocycles. The fourth-order valence-electron chi connectivity index (χ4n) is 2.57. The first-order chi connectivity index (χ1) is 8.70. The predicted molar refractivity (Wildman–Crippen MR) is 71.1 cm³/mol. The van der Waals surface area contributed by atoms with Gasteiger partial charge < -0.3 is 10.1 Å². The van der Waals surface area contributed by atoms with Crippen molar-refractivity contribution in [2.45, 2.75) is 45.3 Å². The Balaban J connectivity index is 2.20. The molecule has 3 heteroatoms. The smallest absolute Gasteiger partial charge is 0.123 e.